The fourth-order valence-electron chi connectivity index (χ4n) is 3.34. The Balaban J connectivity index is 0.00000306. The number of carbonyl (C=O) groups excluding carboxylic acids is 1. The van der Waals surface area contributed by atoms with E-state index in [2.05, 4.69) is 12.1 Å². The number of carbonyl (C=O) groups is 1. The first-order chi connectivity index (χ1) is 15.6. The van der Waals surface area contributed by atoms with Crippen LogP contribution in [0.1, 0.15) is 27.0 Å². The summed E-state index contributed by atoms with van der Waals surface area (Å²) in [6, 6.07) is 18.7. The zero-order chi connectivity index (χ0) is 22.5. The lowest BCUT2D eigenvalue weighted by Crippen LogP contribution is -3.00. The lowest BCUT2D eigenvalue weighted by molar-refractivity contribution is -0.688. The van der Waals surface area contributed by atoms with Gasteiger partial charge < -0.3 is 21.6 Å². The Morgan fingerprint density at radius 3 is 2.42 bits per heavy atom. The predicted octanol–water partition coefficient (Wildman–Crippen LogP) is 1.78. The highest BCUT2D eigenvalue weighted by Gasteiger charge is 2.13. The van der Waals surface area contributed by atoms with Gasteiger partial charge in [0, 0.05) is 29.0 Å². The summed E-state index contributed by atoms with van der Waals surface area (Å²) in [6.07, 6.45) is 6.94. The van der Waals surface area contributed by atoms with Crippen molar-refractivity contribution in [1.82, 2.24) is 0 Å². The molecule has 0 fully saturated rings. The van der Waals surface area contributed by atoms with E-state index in [1.807, 2.05) is 41.2 Å². The minimum absolute atomic E-state index is 0. The molecule has 0 aliphatic rings. The Morgan fingerprint density at radius 2 is 1.76 bits per heavy atom. The molecule has 0 unspecified atom stereocenters. The molecule has 0 radical (unpaired) electrons. The fraction of sp³-hybridized carbons (Fsp3) is 0.115. The summed E-state index contributed by atoms with van der Waals surface area (Å²) in [5.41, 5.74) is 2.72. The molecule has 0 spiro atoms. The number of halogens is 2. The van der Waals surface area contributed by atoms with Gasteiger partial charge in [-0.15, -0.1) is 11.6 Å². The second-order valence-corrected chi connectivity index (χ2v) is 7.54. The highest BCUT2D eigenvalue weighted by atomic mass is 35.5. The number of fused-ring (bicyclic) bond motifs is 1. The van der Waals surface area contributed by atoms with Crippen LogP contribution < -0.4 is 27.3 Å². The van der Waals surface area contributed by atoms with Gasteiger partial charge in [0.05, 0.1) is 7.11 Å². The summed E-state index contributed by atoms with van der Waals surface area (Å²) >= 11 is 5.83. The van der Waals surface area contributed by atoms with E-state index in [0.29, 0.717) is 22.6 Å². The maximum atomic E-state index is 12.6. The van der Waals surface area contributed by atoms with Gasteiger partial charge in [0.15, 0.2) is 36.1 Å². The summed E-state index contributed by atoms with van der Waals surface area (Å²) in [6.45, 7) is 0.729. The molecule has 0 bridgehead atoms. The number of aromatic nitrogens is 1. The molecule has 0 atom stereocenters. The van der Waals surface area contributed by atoms with Gasteiger partial charge >= 0.3 is 5.63 Å². The zero-order valence-electron chi connectivity index (χ0n) is 17.8. The maximum absolute atomic E-state index is 12.6. The molecule has 2 heterocycles. The Bertz CT molecular complexity index is 1340. The molecule has 168 valence electrons. The van der Waals surface area contributed by atoms with E-state index in [9.17, 15) is 9.59 Å². The van der Waals surface area contributed by atoms with Crippen LogP contribution in [0.5, 0.6) is 5.75 Å². The van der Waals surface area contributed by atoms with Crippen molar-refractivity contribution in [2.75, 3.05) is 7.11 Å². The lowest BCUT2D eigenvalue weighted by atomic mass is 10.1. The van der Waals surface area contributed by atoms with Crippen molar-refractivity contribution in [2.24, 2.45) is 0 Å². The second-order valence-electron chi connectivity index (χ2n) is 7.28. The van der Waals surface area contributed by atoms with Crippen LogP contribution in [0.4, 0.5) is 0 Å². The number of rotatable bonds is 7. The first kappa shape index (κ1) is 24.2. The van der Waals surface area contributed by atoms with Crippen LogP contribution in [0.15, 0.2) is 88.3 Å². The van der Waals surface area contributed by atoms with Crippen LogP contribution in [0, 0.1) is 0 Å². The highest BCUT2D eigenvalue weighted by molar-refractivity contribution is 6.17. The summed E-state index contributed by atoms with van der Waals surface area (Å²) in [5, 5.41) is 0.625. The van der Waals surface area contributed by atoms with Gasteiger partial charge in [0.2, 0.25) is 0 Å². The van der Waals surface area contributed by atoms with Gasteiger partial charge in [-0.25, -0.2) is 9.36 Å². The Hall–Kier alpha value is -3.41. The Morgan fingerprint density at radius 1 is 1.06 bits per heavy atom. The normalized spacial score (nSPS) is 10.8. The first-order valence-electron chi connectivity index (χ1n) is 10.0. The van der Waals surface area contributed by atoms with Crippen molar-refractivity contribution in [3.05, 3.63) is 112 Å². The molecule has 33 heavy (non-hydrogen) atoms. The average Bonchev–Trinajstić information content (AvgIpc) is 2.83. The van der Waals surface area contributed by atoms with Gasteiger partial charge in [-0.1, -0.05) is 42.5 Å². The third-order valence-corrected chi connectivity index (χ3v) is 5.40. The lowest BCUT2D eigenvalue weighted by Gasteiger charge is -2.04. The summed E-state index contributed by atoms with van der Waals surface area (Å²) in [4.78, 5) is 24.9. The highest BCUT2D eigenvalue weighted by Crippen LogP contribution is 2.24. The minimum atomic E-state index is -0.692. The number of benzene rings is 2. The number of hydrogen-bond donors (Lipinski definition) is 0. The first-order valence-corrected chi connectivity index (χ1v) is 10.6. The number of alkyl halides is 1. The van der Waals surface area contributed by atoms with Gasteiger partial charge in [0.1, 0.15) is 5.56 Å². The van der Waals surface area contributed by atoms with E-state index < -0.39 is 11.4 Å². The van der Waals surface area contributed by atoms with Crippen LogP contribution in [-0.4, -0.2) is 12.9 Å². The molecule has 0 aliphatic carbocycles. The van der Waals surface area contributed by atoms with Gasteiger partial charge in [-0.3, -0.25) is 4.79 Å². The molecule has 5 nitrogen and oxygen atoms in total. The van der Waals surface area contributed by atoms with E-state index in [0.717, 1.165) is 17.7 Å². The molecule has 7 heteroatoms. The molecule has 0 saturated heterocycles. The minimum Gasteiger partial charge on any atom is -1.00 e. The molecule has 0 saturated carbocycles. The van der Waals surface area contributed by atoms with Crippen molar-refractivity contribution in [2.45, 2.75) is 12.4 Å². The van der Waals surface area contributed by atoms with Crippen molar-refractivity contribution in [3.8, 4) is 5.75 Å². The van der Waals surface area contributed by atoms with E-state index in [1.165, 1.54) is 24.8 Å². The summed E-state index contributed by atoms with van der Waals surface area (Å²) in [5.74, 6) is 0.531. The predicted molar refractivity (Wildman–Crippen MR) is 124 cm³/mol. The smallest absolute Gasteiger partial charge is 0.347 e. The number of allylic oxidation sites excluding steroid dienone is 1. The van der Waals surface area contributed by atoms with Crippen LogP contribution >= 0.6 is 11.6 Å². The summed E-state index contributed by atoms with van der Waals surface area (Å²) in [7, 11) is 1.50. The largest absolute Gasteiger partial charge is 1.00 e. The van der Waals surface area contributed by atoms with Crippen molar-refractivity contribution in [3.63, 3.8) is 0 Å². The molecule has 2 aromatic heterocycles. The van der Waals surface area contributed by atoms with E-state index in [-0.39, 0.29) is 18.0 Å². The van der Waals surface area contributed by atoms with Crippen molar-refractivity contribution in [1.29, 1.82) is 0 Å². The quantitative estimate of drug-likeness (QED) is 0.133. The monoisotopic (exact) mass is 481 g/mol. The topological polar surface area (TPSA) is 60.4 Å². The molecule has 2 aromatic carbocycles. The zero-order valence-corrected chi connectivity index (χ0v) is 19.3. The number of ether oxygens (including phenoxy) is 1. The van der Waals surface area contributed by atoms with Gasteiger partial charge in [-0.05, 0) is 29.3 Å². The molecular formula is C26H21Cl2NO4. The van der Waals surface area contributed by atoms with Crippen molar-refractivity contribution >= 4 is 34.4 Å². The number of pyridine rings is 1. The van der Waals surface area contributed by atoms with Gasteiger partial charge in [0.25, 0.3) is 0 Å². The number of hydrogen-bond acceptors (Lipinski definition) is 4. The standard InChI is InChI=1S/C26H21ClNO4.ClH/c1-31-24-4-2-3-21-15-22(26(30)32-25(21)24)23(29)10-9-18-11-13-28(14-12-18)17-20-7-5-19(16-27)6-8-20;/h2-15H,16-17H2,1H3;1H/q+1;/p-1/b10-9+;. The number of para-hydroxylation sites is 1. The van der Waals surface area contributed by atoms with E-state index >= 15 is 0 Å². The van der Waals surface area contributed by atoms with Crippen LogP contribution in [0.3, 0.4) is 0 Å². The fourth-order valence-corrected chi connectivity index (χ4v) is 3.52. The molecule has 0 aliphatic heterocycles. The summed E-state index contributed by atoms with van der Waals surface area (Å²) < 4.78 is 12.6. The Kier molecular flexibility index (Phi) is 8.04. The van der Waals surface area contributed by atoms with E-state index in [1.54, 1.807) is 24.3 Å². The molecule has 4 rings (SSSR count). The number of ketones is 1. The molecule has 4 aromatic rings. The van der Waals surface area contributed by atoms with Gasteiger partial charge in [-0.2, -0.15) is 0 Å². The maximum Gasteiger partial charge on any atom is 0.347 e. The molecular weight excluding hydrogens is 461 g/mol. The van der Waals surface area contributed by atoms with Crippen LogP contribution in [0.2, 0.25) is 0 Å². The average molecular weight is 482 g/mol. The Labute approximate surface area is 202 Å². The van der Waals surface area contributed by atoms with Crippen LogP contribution in [0.25, 0.3) is 17.0 Å². The number of nitrogens with zero attached hydrogens (tertiary/aromatic N) is 1. The third-order valence-electron chi connectivity index (χ3n) is 5.10. The SMILES string of the molecule is COc1cccc2cc(C(=O)/C=C/c3cc[n+](Cc4ccc(CCl)cc4)cc3)c(=O)oc12.[Cl-]. The molecule has 0 amide bonds. The second kappa shape index (κ2) is 10.9. The molecule has 0 N–H and O–H groups in total. The van der Waals surface area contributed by atoms with Crippen molar-refractivity contribution < 1.29 is 30.9 Å². The third kappa shape index (κ3) is 5.69. The van der Waals surface area contributed by atoms with E-state index in [4.69, 9.17) is 20.8 Å². The number of methoxy groups -OCH3 is 1. The van der Waals surface area contributed by atoms with Crippen LogP contribution in [-0.2, 0) is 12.4 Å².